The molecule has 0 saturated carbocycles. The molecule has 0 spiro atoms. The van der Waals surface area contributed by atoms with Gasteiger partial charge in [0.2, 0.25) is 11.4 Å². The third kappa shape index (κ3) is 1.81. The van der Waals surface area contributed by atoms with Crippen LogP contribution in [0.1, 0.15) is 18.3 Å². The molecule has 0 aliphatic heterocycles. The summed E-state index contributed by atoms with van der Waals surface area (Å²) in [7, 11) is 0. The summed E-state index contributed by atoms with van der Waals surface area (Å²) in [5.74, 6) is -0.0580. The van der Waals surface area contributed by atoms with Gasteiger partial charge in [0.25, 0.3) is 5.91 Å². The number of carbonyl (C=O) groups is 1. The lowest BCUT2D eigenvalue weighted by atomic mass is 10.3. The first kappa shape index (κ1) is 8.71. The number of nitrogens with one attached hydrogen (secondary N) is 1. The zero-order valence-corrected chi connectivity index (χ0v) is 7.59. The molecule has 0 aliphatic carbocycles. The lowest BCUT2D eigenvalue weighted by Gasteiger charge is -2.00. The van der Waals surface area contributed by atoms with Gasteiger partial charge in [-0.05, 0) is 6.07 Å². The summed E-state index contributed by atoms with van der Waals surface area (Å²) in [6.07, 6.45) is 0. The summed E-state index contributed by atoms with van der Waals surface area (Å²) in [5, 5.41) is 0. The van der Waals surface area contributed by atoms with Crippen molar-refractivity contribution in [1.82, 2.24) is 0 Å². The Kier molecular flexibility index (Phi) is 2.43. The number of carbonyl (C=O) groups excluding carboxylic acids is 1. The smallest absolute Gasteiger partial charge is 0.270 e. The minimum absolute atomic E-state index is 0.0580. The van der Waals surface area contributed by atoms with Crippen molar-refractivity contribution in [3.63, 3.8) is 0 Å². The molecule has 0 unspecified atom stereocenters. The summed E-state index contributed by atoms with van der Waals surface area (Å²) in [4.78, 5) is 10.8. The average molecular weight is 165 g/mol. The lowest BCUT2D eigenvalue weighted by Crippen LogP contribution is -2.52. The summed E-state index contributed by atoms with van der Waals surface area (Å²) >= 11 is 0. The van der Waals surface area contributed by atoms with Crippen molar-refractivity contribution in [2.45, 2.75) is 20.8 Å². The molecule has 64 valence electrons. The van der Waals surface area contributed by atoms with E-state index in [9.17, 15) is 4.79 Å². The van der Waals surface area contributed by atoms with E-state index in [1.165, 1.54) is 6.92 Å². The van der Waals surface area contributed by atoms with E-state index in [2.05, 4.69) is 5.43 Å². The Balaban J connectivity index is 3.04. The lowest BCUT2D eigenvalue weighted by molar-refractivity contribution is -0.655. The van der Waals surface area contributed by atoms with Gasteiger partial charge >= 0.3 is 0 Å². The number of hydrogen-bond acceptors (Lipinski definition) is 1. The Bertz CT molecular complexity index is 287. The van der Waals surface area contributed by atoms with Gasteiger partial charge in [0, 0.05) is 32.9 Å². The minimum Gasteiger partial charge on any atom is -0.270 e. The summed E-state index contributed by atoms with van der Waals surface area (Å²) in [5.41, 5.74) is 4.76. The van der Waals surface area contributed by atoms with E-state index in [1.807, 2.05) is 32.0 Å². The molecule has 0 aromatic carbocycles. The average Bonchev–Trinajstić information content (AvgIpc) is 1.97. The molecule has 1 rings (SSSR count). The molecule has 1 heterocycles. The van der Waals surface area contributed by atoms with Crippen molar-refractivity contribution >= 4 is 5.91 Å². The van der Waals surface area contributed by atoms with Crippen LogP contribution in [0.3, 0.4) is 0 Å². The first-order chi connectivity index (χ1) is 5.61. The number of pyridine rings is 1. The quantitative estimate of drug-likeness (QED) is 0.610. The molecular formula is C9H13N2O+. The van der Waals surface area contributed by atoms with Gasteiger partial charge in [-0.1, -0.05) is 4.68 Å². The van der Waals surface area contributed by atoms with Gasteiger partial charge in [0.1, 0.15) is 0 Å². The van der Waals surface area contributed by atoms with E-state index in [0.717, 1.165) is 11.4 Å². The zero-order valence-electron chi connectivity index (χ0n) is 7.59. The summed E-state index contributed by atoms with van der Waals surface area (Å²) in [6, 6.07) is 5.86. The fourth-order valence-corrected chi connectivity index (χ4v) is 1.09. The van der Waals surface area contributed by atoms with Crippen molar-refractivity contribution in [2.24, 2.45) is 0 Å². The molecule has 1 aromatic rings. The van der Waals surface area contributed by atoms with E-state index < -0.39 is 0 Å². The SMILES string of the molecule is CC(=O)N[n+]1c(C)cccc1C. The number of nitrogens with zero attached hydrogens (tertiary/aromatic N) is 1. The first-order valence-corrected chi connectivity index (χ1v) is 3.87. The van der Waals surface area contributed by atoms with Crippen molar-refractivity contribution in [3.05, 3.63) is 29.6 Å². The molecule has 1 N–H and O–H groups in total. The van der Waals surface area contributed by atoms with E-state index in [-0.39, 0.29) is 5.91 Å². The van der Waals surface area contributed by atoms with Crippen molar-refractivity contribution < 1.29 is 9.47 Å². The van der Waals surface area contributed by atoms with Crippen LogP contribution in [0.2, 0.25) is 0 Å². The van der Waals surface area contributed by atoms with E-state index in [0.29, 0.717) is 0 Å². The molecule has 12 heavy (non-hydrogen) atoms. The Labute approximate surface area is 72.0 Å². The molecule has 1 amide bonds. The standard InChI is InChI=1S/C9H12N2O/c1-7-5-4-6-8(2)11(7)10-9(3)12/h4-6H,1-3H3/p+1. The van der Waals surface area contributed by atoms with Crippen molar-refractivity contribution in [1.29, 1.82) is 0 Å². The molecule has 0 aliphatic rings. The number of aromatic nitrogens is 1. The highest BCUT2D eigenvalue weighted by molar-refractivity contribution is 5.79. The number of amides is 1. The predicted molar refractivity (Wildman–Crippen MR) is 46.2 cm³/mol. The molecule has 0 bridgehead atoms. The van der Waals surface area contributed by atoms with Gasteiger partial charge in [-0.25, -0.2) is 0 Å². The Morgan fingerprint density at radius 1 is 1.33 bits per heavy atom. The minimum atomic E-state index is -0.0580. The maximum absolute atomic E-state index is 10.8. The number of hydrogen-bond donors (Lipinski definition) is 1. The second-order valence-corrected chi connectivity index (χ2v) is 2.81. The van der Waals surface area contributed by atoms with Gasteiger partial charge in [-0.15, -0.1) is 5.43 Å². The van der Waals surface area contributed by atoms with Gasteiger partial charge in [-0.3, -0.25) is 4.79 Å². The molecule has 3 heteroatoms. The van der Waals surface area contributed by atoms with Crippen LogP contribution < -0.4 is 10.1 Å². The van der Waals surface area contributed by atoms with Crippen LogP contribution in [0.15, 0.2) is 18.2 Å². The number of aryl methyl sites for hydroxylation is 2. The fraction of sp³-hybridized carbons (Fsp3) is 0.333. The van der Waals surface area contributed by atoms with E-state index in [4.69, 9.17) is 0 Å². The highest BCUT2D eigenvalue weighted by Gasteiger charge is 2.10. The summed E-state index contributed by atoms with van der Waals surface area (Å²) < 4.78 is 1.77. The van der Waals surface area contributed by atoms with E-state index in [1.54, 1.807) is 4.68 Å². The zero-order chi connectivity index (χ0) is 9.14. The highest BCUT2D eigenvalue weighted by Crippen LogP contribution is 1.91. The molecule has 0 fully saturated rings. The molecule has 0 atom stereocenters. The molecule has 0 saturated heterocycles. The van der Waals surface area contributed by atoms with Crippen LogP contribution in [-0.4, -0.2) is 5.91 Å². The molecule has 3 nitrogen and oxygen atoms in total. The molecule has 0 radical (unpaired) electrons. The summed E-state index contributed by atoms with van der Waals surface area (Å²) in [6.45, 7) is 5.39. The van der Waals surface area contributed by atoms with Crippen LogP contribution >= 0.6 is 0 Å². The van der Waals surface area contributed by atoms with Crippen molar-refractivity contribution in [3.8, 4) is 0 Å². The largest absolute Gasteiger partial charge is 0.271 e. The maximum atomic E-state index is 10.8. The van der Waals surface area contributed by atoms with Crippen LogP contribution in [0.5, 0.6) is 0 Å². The third-order valence-electron chi connectivity index (χ3n) is 1.65. The Morgan fingerprint density at radius 2 is 1.83 bits per heavy atom. The maximum Gasteiger partial charge on any atom is 0.271 e. The number of rotatable bonds is 1. The van der Waals surface area contributed by atoms with Gasteiger partial charge in [-0.2, -0.15) is 0 Å². The topological polar surface area (TPSA) is 33.0 Å². The highest BCUT2D eigenvalue weighted by atomic mass is 16.2. The van der Waals surface area contributed by atoms with Gasteiger partial charge in [0.05, 0.1) is 0 Å². The third-order valence-corrected chi connectivity index (χ3v) is 1.65. The normalized spacial score (nSPS) is 9.58. The fourth-order valence-electron chi connectivity index (χ4n) is 1.09. The first-order valence-electron chi connectivity index (χ1n) is 3.87. The molecule has 1 aromatic heterocycles. The van der Waals surface area contributed by atoms with Crippen LogP contribution in [0.25, 0.3) is 0 Å². The van der Waals surface area contributed by atoms with Crippen LogP contribution in [0, 0.1) is 13.8 Å². The van der Waals surface area contributed by atoms with Crippen molar-refractivity contribution in [2.75, 3.05) is 5.43 Å². The van der Waals surface area contributed by atoms with E-state index >= 15 is 0 Å². The van der Waals surface area contributed by atoms with Crippen LogP contribution in [-0.2, 0) is 4.79 Å². The second-order valence-electron chi connectivity index (χ2n) is 2.81. The second kappa shape index (κ2) is 3.34. The van der Waals surface area contributed by atoms with Gasteiger partial charge in [0.15, 0.2) is 0 Å². The van der Waals surface area contributed by atoms with Gasteiger partial charge < -0.3 is 0 Å². The monoisotopic (exact) mass is 165 g/mol. The Hall–Kier alpha value is -1.38. The Morgan fingerprint density at radius 3 is 2.25 bits per heavy atom. The van der Waals surface area contributed by atoms with Crippen LogP contribution in [0.4, 0.5) is 0 Å². The molecular weight excluding hydrogens is 152 g/mol. The predicted octanol–water partition coefficient (Wildman–Crippen LogP) is 0.681.